The highest BCUT2D eigenvalue weighted by Crippen LogP contribution is 2.33. The van der Waals surface area contributed by atoms with E-state index in [0.717, 1.165) is 38.2 Å². The zero-order chi connectivity index (χ0) is 15.4. The highest BCUT2D eigenvalue weighted by molar-refractivity contribution is 9.11. The summed E-state index contributed by atoms with van der Waals surface area (Å²) in [7, 11) is 1.69. The molecular weight excluding hydrogens is 416 g/mol. The molecule has 114 valence electrons. The molecule has 0 amide bonds. The molecule has 21 heavy (non-hydrogen) atoms. The van der Waals surface area contributed by atoms with E-state index in [1.807, 2.05) is 12.3 Å². The van der Waals surface area contributed by atoms with Crippen LogP contribution in [0.4, 0.5) is 0 Å². The van der Waals surface area contributed by atoms with Crippen molar-refractivity contribution in [1.29, 1.82) is 0 Å². The van der Waals surface area contributed by atoms with Crippen LogP contribution in [0.5, 0.6) is 5.75 Å². The van der Waals surface area contributed by atoms with Gasteiger partial charge in [-0.15, -0.1) is 11.3 Å². The van der Waals surface area contributed by atoms with Crippen LogP contribution in [-0.2, 0) is 13.0 Å². The third-order valence-electron chi connectivity index (χ3n) is 3.18. The molecule has 6 heteroatoms. The molecule has 0 radical (unpaired) electrons. The molecule has 0 aliphatic rings. The molecule has 1 aromatic carbocycles. The Kier molecular flexibility index (Phi) is 6.22. The summed E-state index contributed by atoms with van der Waals surface area (Å²) in [5.41, 5.74) is 1.11. The van der Waals surface area contributed by atoms with Crippen molar-refractivity contribution < 1.29 is 4.74 Å². The first-order valence-corrected chi connectivity index (χ1v) is 9.15. The van der Waals surface area contributed by atoms with Crippen molar-refractivity contribution in [3.05, 3.63) is 42.7 Å². The number of thiazole rings is 1. The Hall–Kier alpha value is -0.430. The fourth-order valence-electron chi connectivity index (χ4n) is 2.01. The van der Waals surface area contributed by atoms with E-state index in [2.05, 4.69) is 62.1 Å². The van der Waals surface area contributed by atoms with Crippen LogP contribution in [0.2, 0.25) is 0 Å². The smallest absolute Gasteiger partial charge is 0.137 e. The summed E-state index contributed by atoms with van der Waals surface area (Å²) < 4.78 is 7.45. The summed E-state index contributed by atoms with van der Waals surface area (Å²) in [6.45, 7) is 5.01. The standard InChI is InChI=1S/C15H18Br2N2OS/c1-4-12-8-19-15(21-12)9(2)18-7-10-5-11(16)6-13(17)14(10)20-3/h5-6,8-9,18H,4,7H2,1-3H3. The first-order valence-electron chi connectivity index (χ1n) is 6.75. The average molecular weight is 434 g/mol. The normalized spacial score (nSPS) is 12.4. The average Bonchev–Trinajstić information content (AvgIpc) is 2.93. The molecule has 0 spiro atoms. The van der Waals surface area contributed by atoms with Crippen LogP contribution in [0, 0.1) is 0 Å². The topological polar surface area (TPSA) is 34.2 Å². The Morgan fingerprint density at radius 2 is 2.14 bits per heavy atom. The number of aryl methyl sites for hydroxylation is 1. The molecule has 1 aromatic heterocycles. The third kappa shape index (κ3) is 4.28. The maximum atomic E-state index is 5.47. The van der Waals surface area contributed by atoms with Gasteiger partial charge in [0, 0.05) is 27.7 Å². The molecule has 2 rings (SSSR count). The first kappa shape index (κ1) is 16.9. The van der Waals surface area contributed by atoms with Gasteiger partial charge in [0.05, 0.1) is 17.6 Å². The summed E-state index contributed by atoms with van der Waals surface area (Å²) >= 11 is 8.82. The van der Waals surface area contributed by atoms with Crippen LogP contribution in [-0.4, -0.2) is 12.1 Å². The van der Waals surface area contributed by atoms with E-state index in [9.17, 15) is 0 Å². The molecule has 0 bridgehead atoms. The molecule has 3 nitrogen and oxygen atoms in total. The minimum atomic E-state index is 0.220. The van der Waals surface area contributed by atoms with Gasteiger partial charge in [0.15, 0.2) is 0 Å². The number of hydrogen-bond donors (Lipinski definition) is 1. The Morgan fingerprint density at radius 3 is 2.76 bits per heavy atom. The van der Waals surface area contributed by atoms with Gasteiger partial charge in [0.25, 0.3) is 0 Å². The summed E-state index contributed by atoms with van der Waals surface area (Å²) in [6, 6.07) is 4.28. The molecule has 0 aliphatic carbocycles. The van der Waals surface area contributed by atoms with Crippen LogP contribution in [0.3, 0.4) is 0 Å². The Bertz CT molecular complexity index is 616. The van der Waals surface area contributed by atoms with E-state index in [0.29, 0.717) is 0 Å². The predicted octanol–water partition coefficient (Wildman–Crippen LogP) is 5.09. The Labute approximate surface area is 146 Å². The Balaban J connectivity index is 2.08. The van der Waals surface area contributed by atoms with Crippen molar-refractivity contribution in [1.82, 2.24) is 10.3 Å². The van der Waals surface area contributed by atoms with E-state index >= 15 is 0 Å². The van der Waals surface area contributed by atoms with Crippen molar-refractivity contribution in [3.63, 3.8) is 0 Å². The van der Waals surface area contributed by atoms with Gasteiger partial charge in [-0.05, 0) is 41.4 Å². The summed E-state index contributed by atoms with van der Waals surface area (Å²) in [4.78, 5) is 5.80. The van der Waals surface area contributed by atoms with Gasteiger partial charge in [-0.3, -0.25) is 0 Å². The zero-order valence-corrected chi connectivity index (χ0v) is 16.2. The van der Waals surface area contributed by atoms with Crippen LogP contribution in [0.1, 0.15) is 35.3 Å². The van der Waals surface area contributed by atoms with Gasteiger partial charge in [0.2, 0.25) is 0 Å². The number of methoxy groups -OCH3 is 1. The summed E-state index contributed by atoms with van der Waals surface area (Å²) in [5.74, 6) is 0.867. The molecule has 1 atom stereocenters. The lowest BCUT2D eigenvalue weighted by molar-refractivity contribution is 0.403. The number of nitrogens with zero attached hydrogens (tertiary/aromatic N) is 1. The molecule has 0 saturated heterocycles. The minimum absolute atomic E-state index is 0.220. The number of nitrogens with one attached hydrogen (secondary N) is 1. The largest absolute Gasteiger partial charge is 0.495 e. The lowest BCUT2D eigenvalue weighted by Crippen LogP contribution is -2.18. The molecular formula is C15H18Br2N2OS. The fourth-order valence-corrected chi connectivity index (χ4v) is 4.37. The van der Waals surface area contributed by atoms with Crippen molar-refractivity contribution in [2.45, 2.75) is 32.9 Å². The fraction of sp³-hybridized carbons (Fsp3) is 0.400. The molecule has 0 fully saturated rings. The minimum Gasteiger partial charge on any atom is -0.495 e. The van der Waals surface area contributed by atoms with Crippen molar-refractivity contribution >= 4 is 43.2 Å². The summed E-state index contributed by atoms with van der Waals surface area (Å²) in [5, 5.41) is 4.63. The van der Waals surface area contributed by atoms with Gasteiger partial charge < -0.3 is 10.1 Å². The van der Waals surface area contributed by atoms with Crippen LogP contribution in [0.25, 0.3) is 0 Å². The number of ether oxygens (including phenoxy) is 1. The van der Waals surface area contributed by atoms with Crippen LogP contribution >= 0.6 is 43.2 Å². The van der Waals surface area contributed by atoms with E-state index in [-0.39, 0.29) is 6.04 Å². The lowest BCUT2D eigenvalue weighted by atomic mass is 10.2. The number of hydrogen-bond acceptors (Lipinski definition) is 4. The van der Waals surface area contributed by atoms with Gasteiger partial charge in [-0.1, -0.05) is 22.9 Å². The number of aromatic nitrogens is 1. The lowest BCUT2D eigenvalue weighted by Gasteiger charge is -2.15. The van der Waals surface area contributed by atoms with Gasteiger partial charge in [-0.25, -0.2) is 4.98 Å². The number of rotatable bonds is 6. The quantitative estimate of drug-likeness (QED) is 0.688. The van der Waals surface area contributed by atoms with E-state index in [1.165, 1.54) is 4.88 Å². The Morgan fingerprint density at radius 1 is 1.38 bits per heavy atom. The van der Waals surface area contributed by atoms with E-state index in [4.69, 9.17) is 4.74 Å². The SMILES string of the molecule is CCc1cnc(C(C)NCc2cc(Br)cc(Br)c2OC)s1. The van der Waals surface area contributed by atoms with Crippen LogP contribution < -0.4 is 10.1 Å². The maximum Gasteiger partial charge on any atom is 0.137 e. The molecule has 0 aliphatic heterocycles. The predicted molar refractivity (Wildman–Crippen MR) is 95.1 cm³/mol. The van der Waals surface area contributed by atoms with Gasteiger partial charge >= 0.3 is 0 Å². The number of halogens is 2. The van der Waals surface area contributed by atoms with E-state index < -0.39 is 0 Å². The first-order chi connectivity index (χ1) is 10.0. The second-order valence-corrected chi connectivity index (χ2v) is 7.62. The van der Waals surface area contributed by atoms with Gasteiger partial charge in [0.1, 0.15) is 10.8 Å². The van der Waals surface area contributed by atoms with Crippen molar-refractivity contribution in [2.75, 3.05) is 7.11 Å². The highest BCUT2D eigenvalue weighted by Gasteiger charge is 2.13. The second kappa shape index (κ2) is 7.72. The van der Waals surface area contributed by atoms with Crippen molar-refractivity contribution in [3.8, 4) is 5.75 Å². The molecule has 1 unspecified atom stereocenters. The monoisotopic (exact) mass is 432 g/mol. The van der Waals surface area contributed by atoms with Gasteiger partial charge in [-0.2, -0.15) is 0 Å². The molecule has 2 aromatic rings. The number of benzene rings is 1. The maximum absolute atomic E-state index is 5.47. The molecule has 1 N–H and O–H groups in total. The second-order valence-electron chi connectivity index (χ2n) is 4.70. The molecule has 1 heterocycles. The van der Waals surface area contributed by atoms with Crippen LogP contribution in [0.15, 0.2) is 27.3 Å². The summed E-state index contributed by atoms with van der Waals surface area (Å²) in [6.07, 6.45) is 3.01. The zero-order valence-electron chi connectivity index (χ0n) is 12.2. The molecule has 0 saturated carbocycles. The third-order valence-corrected chi connectivity index (χ3v) is 5.55. The van der Waals surface area contributed by atoms with E-state index in [1.54, 1.807) is 18.4 Å². The van der Waals surface area contributed by atoms with Crippen molar-refractivity contribution in [2.24, 2.45) is 0 Å². The highest BCUT2D eigenvalue weighted by atomic mass is 79.9.